The lowest BCUT2D eigenvalue weighted by molar-refractivity contribution is 0.307. The Morgan fingerprint density at radius 1 is 1.23 bits per heavy atom. The largest absolute Gasteiger partial charge is 0.437 e. The number of aliphatic hydroxyl groups is 1. The van der Waals surface area contributed by atoms with Crippen molar-refractivity contribution in [1.29, 1.82) is 0 Å². The first kappa shape index (κ1) is 18.0. The third-order valence-electron chi connectivity index (χ3n) is 3.60. The zero-order valence-electron chi connectivity index (χ0n) is 14.3. The van der Waals surface area contributed by atoms with E-state index in [1.165, 1.54) is 0 Å². The SMILES string of the molecule is Cc1cc(NC=NCCO)ccc1Oc1ccn(-c2ccc(Cl)cc2)n1. The molecule has 2 N–H and O–H groups in total. The number of hydrogen-bond donors (Lipinski definition) is 2. The zero-order chi connectivity index (χ0) is 18.4. The van der Waals surface area contributed by atoms with E-state index in [9.17, 15) is 0 Å². The zero-order valence-corrected chi connectivity index (χ0v) is 15.0. The number of hydrogen-bond acceptors (Lipinski definition) is 4. The van der Waals surface area contributed by atoms with Crippen LogP contribution in [0.4, 0.5) is 5.69 Å². The number of nitrogens with zero attached hydrogens (tertiary/aromatic N) is 3. The monoisotopic (exact) mass is 370 g/mol. The molecule has 0 aliphatic carbocycles. The van der Waals surface area contributed by atoms with Gasteiger partial charge in [-0.2, -0.15) is 0 Å². The summed E-state index contributed by atoms with van der Waals surface area (Å²) in [4.78, 5) is 4.00. The maximum Gasteiger partial charge on any atom is 0.238 e. The molecule has 0 saturated carbocycles. The molecule has 3 aromatic rings. The van der Waals surface area contributed by atoms with E-state index in [-0.39, 0.29) is 6.61 Å². The summed E-state index contributed by atoms with van der Waals surface area (Å²) in [7, 11) is 0. The number of rotatable bonds is 7. The summed E-state index contributed by atoms with van der Waals surface area (Å²) in [6.07, 6.45) is 3.40. The second kappa shape index (κ2) is 8.51. The molecule has 0 radical (unpaired) electrons. The maximum absolute atomic E-state index is 8.70. The number of nitrogens with one attached hydrogen (secondary N) is 1. The number of ether oxygens (including phenoxy) is 1. The first-order valence-electron chi connectivity index (χ1n) is 8.11. The highest BCUT2D eigenvalue weighted by molar-refractivity contribution is 6.30. The molecule has 1 heterocycles. The molecule has 0 spiro atoms. The van der Waals surface area contributed by atoms with Gasteiger partial charge in [0.25, 0.3) is 0 Å². The summed E-state index contributed by atoms with van der Waals surface area (Å²) in [5.74, 6) is 1.23. The Morgan fingerprint density at radius 2 is 2.04 bits per heavy atom. The molecule has 26 heavy (non-hydrogen) atoms. The first-order chi connectivity index (χ1) is 12.7. The van der Waals surface area contributed by atoms with E-state index in [2.05, 4.69) is 15.4 Å². The fraction of sp³-hybridized carbons (Fsp3) is 0.158. The third-order valence-corrected chi connectivity index (χ3v) is 3.85. The van der Waals surface area contributed by atoms with Crippen molar-refractivity contribution in [2.24, 2.45) is 4.99 Å². The molecule has 0 amide bonds. The van der Waals surface area contributed by atoms with Crippen molar-refractivity contribution < 1.29 is 9.84 Å². The summed E-state index contributed by atoms with van der Waals surface area (Å²) in [6.45, 7) is 2.37. The first-order valence-corrected chi connectivity index (χ1v) is 8.49. The fourth-order valence-corrected chi connectivity index (χ4v) is 2.43. The van der Waals surface area contributed by atoms with E-state index in [1.54, 1.807) is 11.0 Å². The van der Waals surface area contributed by atoms with Crippen LogP contribution in [-0.4, -0.2) is 34.4 Å². The summed E-state index contributed by atoms with van der Waals surface area (Å²) in [5.41, 5.74) is 2.76. The van der Waals surface area contributed by atoms with Crippen LogP contribution in [0, 0.1) is 6.92 Å². The molecule has 3 rings (SSSR count). The minimum Gasteiger partial charge on any atom is -0.437 e. The molecule has 0 bridgehead atoms. The van der Waals surface area contributed by atoms with E-state index >= 15 is 0 Å². The van der Waals surface area contributed by atoms with Gasteiger partial charge in [-0.15, -0.1) is 5.10 Å². The Labute approximate surface area is 156 Å². The van der Waals surface area contributed by atoms with Crippen molar-refractivity contribution >= 4 is 23.6 Å². The molecule has 2 aromatic carbocycles. The van der Waals surface area contributed by atoms with Crippen LogP contribution in [0.2, 0.25) is 5.02 Å². The Hall–Kier alpha value is -2.83. The standard InChI is InChI=1S/C19H19ClN4O2/c1-14-12-16(22-13-21-9-11-25)4-7-18(14)26-19-8-10-24(23-19)17-5-2-15(20)3-6-17/h2-8,10,12-13,25H,9,11H2,1H3,(H,21,22). The van der Waals surface area contributed by atoms with Crippen molar-refractivity contribution in [2.45, 2.75) is 6.92 Å². The number of halogens is 1. The molecule has 6 nitrogen and oxygen atoms in total. The van der Waals surface area contributed by atoms with Gasteiger partial charge in [0, 0.05) is 23.0 Å². The van der Waals surface area contributed by atoms with Crippen molar-refractivity contribution in [2.75, 3.05) is 18.5 Å². The Balaban J connectivity index is 1.68. The number of aliphatic hydroxyl groups excluding tert-OH is 1. The van der Waals surface area contributed by atoms with E-state index < -0.39 is 0 Å². The highest BCUT2D eigenvalue weighted by Gasteiger charge is 2.06. The number of benzene rings is 2. The molecular weight excluding hydrogens is 352 g/mol. The second-order valence-corrected chi connectivity index (χ2v) is 6.00. The van der Waals surface area contributed by atoms with E-state index in [4.69, 9.17) is 21.4 Å². The average molecular weight is 371 g/mol. The van der Waals surface area contributed by atoms with Crippen LogP contribution >= 0.6 is 11.6 Å². The summed E-state index contributed by atoms with van der Waals surface area (Å²) in [6, 6.07) is 14.9. The van der Waals surface area contributed by atoms with Gasteiger partial charge in [0.05, 0.1) is 25.2 Å². The lowest BCUT2D eigenvalue weighted by Gasteiger charge is -2.08. The van der Waals surface area contributed by atoms with Crippen LogP contribution in [0.1, 0.15) is 5.56 Å². The predicted octanol–water partition coefficient (Wildman–Crippen LogP) is 4.06. The topological polar surface area (TPSA) is 71.7 Å². The minimum atomic E-state index is 0.0344. The highest BCUT2D eigenvalue weighted by atomic mass is 35.5. The lowest BCUT2D eigenvalue weighted by atomic mass is 10.2. The number of aromatic nitrogens is 2. The average Bonchev–Trinajstić information content (AvgIpc) is 3.10. The van der Waals surface area contributed by atoms with Gasteiger partial charge in [-0.3, -0.25) is 4.99 Å². The number of anilines is 1. The second-order valence-electron chi connectivity index (χ2n) is 5.56. The van der Waals surface area contributed by atoms with Crippen molar-refractivity contribution in [1.82, 2.24) is 9.78 Å². The van der Waals surface area contributed by atoms with E-state index in [1.807, 2.05) is 61.7 Å². The highest BCUT2D eigenvalue weighted by Crippen LogP contribution is 2.26. The summed E-state index contributed by atoms with van der Waals surface area (Å²) in [5, 5.41) is 16.9. The fourth-order valence-electron chi connectivity index (χ4n) is 2.31. The van der Waals surface area contributed by atoms with Gasteiger partial charge in [-0.05, 0) is 55.0 Å². The van der Waals surface area contributed by atoms with Crippen molar-refractivity contribution in [3.05, 3.63) is 65.3 Å². The van der Waals surface area contributed by atoms with Crippen LogP contribution in [0.3, 0.4) is 0 Å². The van der Waals surface area contributed by atoms with E-state index in [0.29, 0.717) is 17.4 Å². The molecule has 1 aromatic heterocycles. The maximum atomic E-state index is 8.70. The van der Waals surface area contributed by atoms with Gasteiger partial charge in [0.2, 0.25) is 5.88 Å². The summed E-state index contributed by atoms with van der Waals surface area (Å²) < 4.78 is 7.61. The van der Waals surface area contributed by atoms with Gasteiger partial charge in [-0.1, -0.05) is 11.6 Å². The molecule has 0 fully saturated rings. The van der Waals surface area contributed by atoms with Crippen LogP contribution in [0.5, 0.6) is 11.6 Å². The van der Waals surface area contributed by atoms with Crippen LogP contribution in [0.15, 0.2) is 59.7 Å². The number of aliphatic imine (C=N–C) groups is 1. The molecule has 0 unspecified atom stereocenters. The third kappa shape index (κ3) is 4.62. The normalized spacial score (nSPS) is 11.0. The Morgan fingerprint density at radius 3 is 2.77 bits per heavy atom. The van der Waals surface area contributed by atoms with Gasteiger partial charge >= 0.3 is 0 Å². The van der Waals surface area contributed by atoms with Gasteiger partial charge in [0.1, 0.15) is 5.75 Å². The van der Waals surface area contributed by atoms with Crippen molar-refractivity contribution in [3.63, 3.8) is 0 Å². The van der Waals surface area contributed by atoms with E-state index in [0.717, 1.165) is 22.7 Å². The molecule has 134 valence electrons. The smallest absolute Gasteiger partial charge is 0.238 e. The quantitative estimate of drug-likeness (QED) is 0.486. The van der Waals surface area contributed by atoms with Gasteiger partial charge < -0.3 is 15.2 Å². The Bertz CT molecular complexity index is 891. The molecule has 0 aliphatic heterocycles. The molecule has 0 atom stereocenters. The lowest BCUT2D eigenvalue weighted by Crippen LogP contribution is -1.98. The number of aryl methyl sites for hydroxylation is 1. The molecule has 0 aliphatic rings. The summed E-state index contributed by atoms with van der Waals surface area (Å²) >= 11 is 5.91. The minimum absolute atomic E-state index is 0.0344. The van der Waals surface area contributed by atoms with Gasteiger partial charge in [0.15, 0.2) is 0 Å². The van der Waals surface area contributed by atoms with Crippen molar-refractivity contribution in [3.8, 4) is 17.3 Å². The molecule has 0 saturated heterocycles. The van der Waals surface area contributed by atoms with Gasteiger partial charge in [-0.25, -0.2) is 4.68 Å². The van der Waals surface area contributed by atoms with Crippen LogP contribution in [-0.2, 0) is 0 Å². The molecule has 7 heteroatoms. The molecular formula is C19H19ClN4O2. The van der Waals surface area contributed by atoms with Crippen LogP contribution in [0.25, 0.3) is 5.69 Å². The Kier molecular flexibility index (Phi) is 5.88. The predicted molar refractivity (Wildman–Crippen MR) is 104 cm³/mol. The van der Waals surface area contributed by atoms with Crippen LogP contribution < -0.4 is 10.1 Å².